The number of piperidine rings is 1. The summed E-state index contributed by atoms with van der Waals surface area (Å²) in [7, 11) is -1.39. The van der Waals surface area contributed by atoms with Crippen LogP contribution in [0.4, 0.5) is 0 Å². The molecule has 0 spiro atoms. The molecular weight excluding hydrogens is 340 g/mol. The van der Waals surface area contributed by atoms with Gasteiger partial charge in [0.25, 0.3) is 0 Å². The average molecular weight is 369 g/mol. The minimum absolute atomic E-state index is 0.371. The number of aliphatic hydroxyl groups excluding tert-OH is 1. The Morgan fingerprint density at radius 3 is 2.48 bits per heavy atom. The Morgan fingerprint density at radius 1 is 1.28 bits per heavy atom. The smallest absolute Gasteiger partial charge is 0.211 e. The molecule has 1 aliphatic heterocycles. The van der Waals surface area contributed by atoms with Crippen molar-refractivity contribution in [1.82, 2.24) is 14.9 Å². The molecule has 0 saturated carbocycles. The molecule has 140 valence electrons. The maximum Gasteiger partial charge on any atom is 0.211 e. The second kappa shape index (κ2) is 9.17. The quantitative estimate of drug-likeness (QED) is 0.504. The van der Waals surface area contributed by atoms with Gasteiger partial charge < -0.3 is 15.7 Å². The SMILES string of the molecule is CN=C(NCC1CCN(S(C)(=O)=O)CC1)NCC(O)c1ccccc1. The number of hydrogen-bond acceptors (Lipinski definition) is 4. The zero-order chi connectivity index (χ0) is 18.3. The van der Waals surface area contributed by atoms with Crippen molar-refractivity contribution in [1.29, 1.82) is 0 Å². The van der Waals surface area contributed by atoms with Gasteiger partial charge in [0.15, 0.2) is 5.96 Å². The van der Waals surface area contributed by atoms with E-state index in [4.69, 9.17) is 0 Å². The normalized spacial score (nSPS) is 18.8. The van der Waals surface area contributed by atoms with E-state index in [2.05, 4.69) is 15.6 Å². The molecule has 0 radical (unpaired) electrons. The standard InChI is InChI=1S/C17H28N4O3S/c1-18-17(20-13-16(22)15-6-4-3-5-7-15)19-12-14-8-10-21(11-9-14)25(2,23)24/h3-7,14,16,22H,8-13H2,1-2H3,(H2,18,19,20). The highest BCUT2D eigenvalue weighted by Crippen LogP contribution is 2.18. The number of guanidine groups is 1. The number of aliphatic imine (C=N–C) groups is 1. The lowest BCUT2D eigenvalue weighted by Crippen LogP contribution is -2.44. The number of sulfonamides is 1. The lowest BCUT2D eigenvalue weighted by molar-refractivity contribution is 0.180. The summed E-state index contributed by atoms with van der Waals surface area (Å²) in [6, 6.07) is 9.48. The van der Waals surface area contributed by atoms with Crippen LogP contribution in [0.15, 0.2) is 35.3 Å². The molecule has 1 saturated heterocycles. The molecule has 8 heteroatoms. The predicted molar refractivity (Wildman–Crippen MR) is 99.9 cm³/mol. The minimum atomic E-state index is -3.08. The van der Waals surface area contributed by atoms with Crippen LogP contribution in [0.3, 0.4) is 0 Å². The third-order valence-electron chi connectivity index (χ3n) is 4.47. The summed E-state index contributed by atoms with van der Waals surface area (Å²) in [6.07, 6.45) is 2.33. The van der Waals surface area contributed by atoms with E-state index in [1.54, 1.807) is 7.05 Å². The largest absolute Gasteiger partial charge is 0.387 e. The third kappa shape index (κ3) is 6.30. The number of nitrogens with zero attached hydrogens (tertiary/aromatic N) is 2. The van der Waals surface area contributed by atoms with Gasteiger partial charge in [-0.05, 0) is 24.3 Å². The van der Waals surface area contributed by atoms with Gasteiger partial charge in [0.1, 0.15) is 0 Å². The van der Waals surface area contributed by atoms with Gasteiger partial charge in [0, 0.05) is 33.2 Å². The van der Waals surface area contributed by atoms with E-state index in [0.717, 1.165) is 24.9 Å². The zero-order valence-electron chi connectivity index (χ0n) is 14.9. The van der Waals surface area contributed by atoms with E-state index in [9.17, 15) is 13.5 Å². The zero-order valence-corrected chi connectivity index (χ0v) is 15.7. The predicted octanol–water partition coefficient (Wildman–Crippen LogP) is 0.557. The topological polar surface area (TPSA) is 94.0 Å². The molecule has 1 aromatic rings. The van der Waals surface area contributed by atoms with Crippen LogP contribution in [-0.2, 0) is 10.0 Å². The Bertz CT molecular complexity index is 656. The summed E-state index contributed by atoms with van der Waals surface area (Å²) in [6.45, 7) is 2.25. The Labute approximate surface area is 150 Å². The van der Waals surface area contributed by atoms with Crippen LogP contribution in [0.25, 0.3) is 0 Å². The molecule has 1 unspecified atom stereocenters. The molecule has 2 rings (SSSR count). The van der Waals surface area contributed by atoms with E-state index >= 15 is 0 Å². The highest BCUT2D eigenvalue weighted by Gasteiger charge is 2.24. The van der Waals surface area contributed by atoms with Crippen molar-refractivity contribution >= 4 is 16.0 Å². The van der Waals surface area contributed by atoms with Crippen LogP contribution in [0.1, 0.15) is 24.5 Å². The number of rotatable bonds is 6. The lowest BCUT2D eigenvalue weighted by Gasteiger charge is -2.30. The molecule has 1 heterocycles. The number of nitrogens with one attached hydrogen (secondary N) is 2. The van der Waals surface area contributed by atoms with Crippen LogP contribution in [0, 0.1) is 5.92 Å². The minimum Gasteiger partial charge on any atom is -0.387 e. The van der Waals surface area contributed by atoms with Gasteiger partial charge in [0.05, 0.1) is 12.4 Å². The molecule has 25 heavy (non-hydrogen) atoms. The van der Waals surface area contributed by atoms with Crippen LogP contribution in [-0.4, -0.2) is 63.3 Å². The summed E-state index contributed by atoms with van der Waals surface area (Å²) in [4.78, 5) is 4.17. The highest BCUT2D eigenvalue weighted by molar-refractivity contribution is 7.88. The van der Waals surface area contributed by atoms with Crippen LogP contribution in [0.2, 0.25) is 0 Å². The summed E-state index contributed by atoms with van der Waals surface area (Å²) in [5, 5.41) is 16.6. The summed E-state index contributed by atoms with van der Waals surface area (Å²) < 4.78 is 24.6. The second-order valence-electron chi connectivity index (χ2n) is 6.37. The summed E-state index contributed by atoms with van der Waals surface area (Å²) >= 11 is 0. The Kier molecular flexibility index (Phi) is 7.22. The lowest BCUT2D eigenvalue weighted by atomic mass is 9.98. The van der Waals surface area contributed by atoms with Gasteiger partial charge in [-0.2, -0.15) is 0 Å². The van der Waals surface area contributed by atoms with Gasteiger partial charge >= 0.3 is 0 Å². The average Bonchev–Trinajstić information content (AvgIpc) is 2.62. The molecule has 1 fully saturated rings. The monoisotopic (exact) mass is 368 g/mol. The van der Waals surface area contributed by atoms with Crippen molar-refractivity contribution in [3.63, 3.8) is 0 Å². The van der Waals surface area contributed by atoms with Crippen molar-refractivity contribution in [2.45, 2.75) is 18.9 Å². The molecule has 1 atom stereocenters. The van der Waals surface area contributed by atoms with Gasteiger partial charge in [-0.3, -0.25) is 4.99 Å². The van der Waals surface area contributed by atoms with Crippen LogP contribution < -0.4 is 10.6 Å². The number of aliphatic hydroxyl groups is 1. The van der Waals surface area contributed by atoms with Crippen molar-refractivity contribution in [3.8, 4) is 0 Å². The molecule has 3 N–H and O–H groups in total. The fourth-order valence-electron chi connectivity index (χ4n) is 2.89. The molecule has 1 aromatic carbocycles. The fourth-order valence-corrected chi connectivity index (χ4v) is 3.77. The van der Waals surface area contributed by atoms with Gasteiger partial charge in [0.2, 0.25) is 10.0 Å². The van der Waals surface area contributed by atoms with Crippen LogP contribution >= 0.6 is 0 Å². The molecule has 1 aliphatic rings. The maximum atomic E-state index is 11.5. The van der Waals surface area contributed by atoms with Gasteiger partial charge in [-0.1, -0.05) is 30.3 Å². The Morgan fingerprint density at radius 2 is 1.92 bits per heavy atom. The van der Waals surface area contributed by atoms with Crippen molar-refractivity contribution < 1.29 is 13.5 Å². The Balaban J connectivity index is 1.72. The molecule has 7 nitrogen and oxygen atoms in total. The fraction of sp³-hybridized carbons (Fsp3) is 0.588. The summed E-state index contributed by atoms with van der Waals surface area (Å²) in [5.74, 6) is 1.05. The molecule has 0 aliphatic carbocycles. The first-order chi connectivity index (χ1) is 11.9. The molecule has 0 amide bonds. The van der Waals surface area contributed by atoms with E-state index in [-0.39, 0.29) is 0 Å². The highest BCUT2D eigenvalue weighted by atomic mass is 32.2. The first-order valence-corrected chi connectivity index (χ1v) is 10.4. The molecule has 0 aromatic heterocycles. The first-order valence-electron chi connectivity index (χ1n) is 8.53. The van der Waals surface area contributed by atoms with E-state index in [0.29, 0.717) is 31.5 Å². The molecule has 0 bridgehead atoms. The summed E-state index contributed by atoms with van der Waals surface area (Å²) in [5.41, 5.74) is 0.860. The Hall–Kier alpha value is -1.64. The van der Waals surface area contributed by atoms with E-state index in [1.807, 2.05) is 30.3 Å². The van der Waals surface area contributed by atoms with Gasteiger partial charge in [-0.25, -0.2) is 12.7 Å². The number of hydrogen-bond donors (Lipinski definition) is 3. The first kappa shape index (κ1) is 19.7. The van der Waals surface area contributed by atoms with Crippen molar-refractivity contribution in [2.24, 2.45) is 10.9 Å². The van der Waals surface area contributed by atoms with Gasteiger partial charge in [-0.15, -0.1) is 0 Å². The van der Waals surface area contributed by atoms with Crippen molar-refractivity contribution in [3.05, 3.63) is 35.9 Å². The van der Waals surface area contributed by atoms with E-state index in [1.165, 1.54) is 10.6 Å². The third-order valence-corrected chi connectivity index (χ3v) is 5.77. The van der Waals surface area contributed by atoms with E-state index < -0.39 is 16.1 Å². The van der Waals surface area contributed by atoms with Crippen molar-refractivity contribution in [2.75, 3.05) is 39.5 Å². The van der Waals surface area contributed by atoms with Crippen LogP contribution in [0.5, 0.6) is 0 Å². The molecular formula is C17H28N4O3S. The second-order valence-corrected chi connectivity index (χ2v) is 8.35. The number of benzene rings is 1. The maximum absolute atomic E-state index is 11.5.